The Balaban J connectivity index is 1.39. The van der Waals surface area contributed by atoms with E-state index < -0.39 is 0 Å². The molecule has 1 N–H and O–H groups in total. The maximum absolute atomic E-state index is 12.5. The molecule has 156 valence electrons. The van der Waals surface area contributed by atoms with E-state index in [0.29, 0.717) is 40.8 Å². The topological polar surface area (TPSA) is 108 Å². The molecular formula is C22H19N5O3S. The summed E-state index contributed by atoms with van der Waals surface area (Å²) in [6, 6.07) is 10.6. The van der Waals surface area contributed by atoms with Crippen LogP contribution < -0.4 is 15.0 Å². The third kappa shape index (κ3) is 4.70. The lowest BCUT2D eigenvalue weighted by Crippen LogP contribution is -2.23. The van der Waals surface area contributed by atoms with Gasteiger partial charge in [-0.15, -0.1) is 11.3 Å². The number of benzene rings is 1. The second-order valence-corrected chi connectivity index (χ2v) is 7.88. The number of nitriles is 1. The zero-order chi connectivity index (χ0) is 21.8. The van der Waals surface area contributed by atoms with Gasteiger partial charge >= 0.3 is 0 Å². The monoisotopic (exact) mass is 433 g/mol. The first-order valence-electron chi connectivity index (χ1n) is 9.72. The summed E-state index contributed by atoms with van der Waals surface area (Å²) < 4.78 is 5.71. The van der Waals surface area contributed by atoms with Crippen molar-refractivity contribution in [3.63, 3.8) is 0 Å². The van der Waals surface area contributed by atoms with Crippen LogP contribution in [0, 0.1) is 18.3 Å². The van der Waals surface area contributed by atoms with Crippen LogP contribution in [0.25, 0.3) is 0 Å². The Bertz CT molecular complexity index is 1180. The molecule has 9 heteroatoms. The number of carbonyl (C=O) groups is 2. The number of rotatable bonds is 6. The largest absolute Gasteiger partial charge is 0.438 e. The van der Waals surface area contributed by atoms with Crippen LogP contribution in [0.3, 0.4) is 0 Å². The Morgan fingerprint density at radius 2 is 2.26 bits per heavy atom. The molecule has 2 aromatic heterocycles. The number of pyridine rings is 1. The number of hydrogen-bond donors (Lipinski definition) is 1. The summed E-state index contributed by atoms with van der Waals surface area (Å²) in [6.45, 7) is 2.53. The lowest BCUT2D eigenvalue weighted by atomic mass is 10.2. The number of aryl methyl sites for hydroxylation is 1. The average molecular weight is 433 g/mol. The Morgan fingerprint density at radius 1 is 1.39 bits per heavy atom. The Morgan fingerprint density at radius 3 is 3.00 bits per heavy atom. The molecule has 1 aromatic carbocycles. The molecule has 1 aliphatic heterocycles. The van der Waals surface area contributed by atoms with Crippen LogP contribution in [0.5, 0.6) is 11.6 Å². The smallest absolute Gasteiger partial charge is 0.237 e. The van der Waals surface area contributed by atoms with E-state index in [1.807, 2.05) is 18.4 Å². The molecule has 0 spiro atoms. The number of nitrogens with one attached hydrogen (secondary N) is 1. The van der Waals surface area contributed by atoms with Crippen LogP contribution in [0.1, 0.15) is 29.7 Å². The third-order valence-corrected chi connectivity index (χ3v) is 5.68. The maximum atomic E-state index is 12.5. The van der Waals surface area contributed by atoms with Crippen molar-refractivity contribution >= 4 is 34.0 Å². The van der Waals surface area contributed by atoms with Crippen molar-refractivity contribution in [1.29, 1.82) is 5.26 Å². The first-order chi connectivity index (χ1) is 15.0. The predicted octanol–water partition coefficient (Wildman–Crippen LogP) is 3.82. The molecule has 0 saturated carbocycles. The van der Waals surface area contributed by atoms with Gasteiger partial charge in [-0.2, -0.15) is 5.26 Å². The Kier molecular flexibility index (Phi) is 5.91. The van der Waals surface area contributed by atoms with Gasteiger partial charge in [0.05, 0.1) is 12.1 Å². The van der Waals surface area contributed by atoms with E-state index in [1.165, 1.54) is 11.3 Å². The van der Waals surface area contributed by atoms with Gasteiger partial charge < -0.3 is 10.1 Å². The summed E-state index contributed by atoms with van der Waals surface area (Å²) in [6.07, 6.45) is 3.06. The quantitative estimate of drug-likeness (QED) is 0.633. The first kappa shape index (κ1) is 20.5. The van der Waals surface area contributed by atoms with Crippen molar-refractivity contribution in [2.45, 2.75) is 26.2 Å². The van der Waals surface area contributed by atoms with E-state index in [1.54, 1.807) is 41.4 Å². The molecule has 3 heterocycles. The van der Waals surface area contributed by atoms with Crippen molar-refractivity contribution < 1.29 is 14.3 Å². The summed E-state index contributed by atoms with van der Waals surface area (Å²) in [5, 5.41) is 14.5. The van der Waals surface area contributed by atoms with Gasteiger partial charge in [-0.25, -0.2) is 9.97 Å². The van der Waals surface area contributed by atoms with E-state index in [2.05, 4.69) is 15.3 Å². The number of amides is 2. The summed E-state index contributed by atoms with van der Waals surface area (Å²) >= 11 is 1.38. The standard InChI is InChI=1S/C22H19N5O3S/c1-14-10-17(30-21-15(12-23)4-2-8-24-21)6-7-18(14)26-19(28)11-16-13-31-22(25-16)27-9-3-5-20(27)29/h2,4,6-8,10,13H,3,5,9,11H2,1H3,(H,26,28). The van der Waals surface area contributed by atoms with Crippen LogP contribution in [-0.2, 0) is 16.0 Å². The first-order valence-corrected chi connectivity index (χ1v) is 10.6. The minimum Gasteiger partial charge on any atom is -0.438 e. The van der Waals surface area contributed by atoms with Crippen molar-refractivity contribution in [2.24, 2.45) is 0 Å². The number of nitrogens with zero attached hydrogens (tertiary/aromatic N) is 4. The highest BCUT2D eigenvalue weighted by molar-refractivity contribution is 7.14. The van der Waals surface area contributed by atoms with Crippen LogP contribution >= 0.6 is 11.3 Å². The molecule has 0 bridgehead atoms. The van der Waals surface area contributed by atoms with E-state index in [-0.39, 0.29) is 24.1 Å². The molecule has 2 amide bonds. The van der Waals surface area contributed by atoms with Crippen LogP contribution in [0.4, 0.5) is 10.8 Å². The second kappa shape index (κ2) is 8.93. The minimum atomic E-state index is -0.196. The Labute approximate surface area is 183 Å². The SMILES string of the molecule is Cc1cc(Oc2ncccc2C#N)ccc1NC(=O)Cc1csc(N2CCCC2=O)n1. The van der Waals surface area contributed by atoms with Crippen molar-refractivity contribution in [2.75, 3.05) is 16.8 Å². The average Bonchev–Trinajstić information content (AvgIpc) is 3.39. The van der Waals surface area contributed by atoms with Gasteiger partial charge in [0.25, 0.3) is 0 Å². The number of carbonyl (C=O) groups excluding carboxylic acids is 2. The number of ether oxygens (including phenoxy) is 1. The maximum Gasteiger partial charge on any atom is 0.237 e. The minimum absolute atomic E-state index is 0.0795. The van der Waals surface area contributed by atoms with Crippen LogP contribution in [0.15, 0.2) is 41.9 Å². The summed E-state index contributed by atoms with van der Waals surface area (Å²) in [7, 11) is 0. The lowest BCUT2D eigenvalue weighted by Gasteiger charge is -2.11. The number of thiazole rings is 1. The zero-order valence-corrected chi connectivity index (χ0v) is 17.6. The van der Waals surface area contributed by atoms with Gasteiger partial charge in [0.2, 0.25) is 17.7 Å². The molecule has 4 rings (SSSR count). The van der Waals surface area contributed by atoms with Gasteiger partial charge in [0, 0.05) is 30.2 Å². The molecule has 0 unspecified atom stereocenters. The van der Waals surface area contributed by atoms with Gasteiger partial charge in [-0.3, -0.25) is 14.5 Å². The fourth-order valence-corrected chi connectivity index (χ4v) is 4.09. The normalized spacial score (nSPS) is 13.2. The summed E-state index contributed by atoms with van der Waals surface area (Å²) in [5.74, 6) is 0.635. The highest BCUT2D eigenvalue weighted by Gasteiger charge is 2.24. The fraction of sp³-hybridized carbons (Fsp3) is 0.227. The molecule has 0 radical (unpaired) electrons. The molecule has 8 nitrogen and oxygen atoms in total. The van der Waals surface area contributed by atoms with Gasteiger partial charge in [-0.1, -0.05) is 0 Å². The molecular weight excluding hydrogens is 414 g/mol. The number of anilines is 2. The second-order valence-electron chi connectivity index (χ2n) is 7.04. The molecule has 1 fully saturated rings. The molecule has 0 atom stereocenters. The predicted molar refractivity (Wildman–Crippen MR) is 116 cm³/mol. The third-order valence-electron chi connectivity index (χ3n) is 4.76. The van der Waals surface area contributed by atoms with E-state index >= 15 is 0 Å². The zero-order valence-electron chi connectivity index (χ0n) is 16.8. The summed E-state index contributed by atoms with van der Waals surface area (Å²) in [5.41, 5.74) is 2.44. The van der Waals surface area contributed by atoms with E-state index in [4.69, 9.17) is 10.00 Å². The lowest BCUT2D eigenvalue weighted by molar-refractivity contribution is -0.117. The van der Waals surface area contributed by atoms with Crippen molar-refractivity contribution in [3.05, 3.63) is 58.7 Å². The van der Waals surface area contributed by atoms with E-state index in [9.17, 15) is 9.59 Å². The van der Waals surface area contributed by atoms with Gasteiger partial charge in [0.15, 0.2) is 5.13 Å². The fourth-order valence-electron chi connectivity index (χ4n) is 3.22. The van der Waals surface area contributed by atoms with Gasteiger partial charge in [0.1, 0.15) is 17.4 Å². The summed E-state index contributed by atoms with van der Waals surface area (Å²) in [4.78, 5) is 34.5. The molecule has 31 heavy (non-hydrogen) atoms. The molecule has 1 aliphatic rings. The van der Waals surface area contributed by atoms with Crippen LogP contribution in [0.2, 0.25) is 0 Å². The molecule has 1 saturated heterocycles. The highest BCUT2D eigenvalue weighted by atomic mass is 32.1. The number of hydrogen-bond acceptors (Lipinski definition) is 7. The molecule has 0 aliphatic carbocycles. The van der Waals surface area contributed by atoms with Crippen molar-refractivity contribution in [1.82, 2.24) is 9.97 Å². The number of aromatic nitrogens is 2. The molecule has 3 aromatic rings. The Hall–Kier alpha value is -3.77. The van der Waals surface area contributed by atoms with E-state index in [0.717, 1.165) is 12.0 Å². The van der Waals surface area contributed by atoms with Crippen molar-refractivity contribution in [3.8, 4) is 17.7 Å². The van der Waals surface area contributed by atoms with Crippen LogP contribution in [-0.4, -0.2) is 28.3 Å². The van der Waals surface area contributed by atoms with Gasteiger partial charge in [-0.05, 0) is 49.2 Å². The highest BCUT2D eigenvalue weighted by Crippen LogP contribution is 2.28.